The number of imidazole rings is 1. The molecule has 1 amide bonds. The first-order chi connectivity index (χ1) is 33.5. The zero-order chi connectivity index (χ0) is 48.8. The summed E-state index contributed by atoms with van der Waals surface area (Å²) in [6.07, 6.45) is 8.37. The van der Waals surface area contributed by atoms with Crippen LogP contribution < -0.4 is 16.8 Å². The number of nitrogens with zero attached hydrogens (tertiary/aromatic N) is 9. The number of amides is 1. The van der Waals surface area contributed by atoms with E-state index in [0.29, 0.717) is 77.8 Å². The summed E-state index contributed by atoms with van der Waals surface area (Å²) in [6, 6.07) is 14.4. The molecular weight excluding hydrogens is 897 g/mol. The Balaban J connectivity index is 1.06. The fourth-order valence-electron chi connectivity index (χ4n) is 12.3. The van der Waals surface area contributed by atoms with Crippen molar-refractivity contribution in [3.63, 3.8) is 0 Å². The van der Waals surface area contributed by atoms with Crippen LogP contribution in [0.15, 0.2) is 81.2 Å². The maximum atomic E-state index is 16.4. The van der Waals surface area contributed by atoms with Gasteiger partial charge in [-0.3, -0.25) is 28.1 Å². The predicted molar refractivity (Wildman–Crippen MR) is 257 cm³/mol. The Kier molecular flexibility index (Phi) is 9.83. The highest BCUT2D eigenvalue weighted by Gasteiger charge is 2.60. The van der Waals surface area contributed by atoms with Crippen LogP contribution in [0.25, 0.3) is 39.0 Å². The number of carbonyl (C=O) groups is 1. The number of fused-ring (bicyclic) bond motifs is 4. The second-order valence-electron chi connectivity index (χ2n) is 20.9. The Bertz CT molecular complexity index is 3560. The van der Waals surface area contributed by atoms with Crippen molar-refractivity contribution >= 4 is 27.7 Å². The van der Waals surface area contributed by atoms with Gasteiger partial charge in [-0.15, -0.1) is 0 Å². The van der Waals surface area contributed by atoms with E-state index in [2.05, 4.69) is 64.1 Å². The third-order valence-electron chi connectivity index (χ3n) is 16.0. The Morgan fingerprint density at radius 2 is 1.70 bits per heavy atom. The van der Waals surface area contributed by atoms with Gasteiger partial charge < -0.3 is 19.5 Å². The van der Waals surface area contributed by atoms with Gasteiger partial charge in [-0.2, -0.15) is 10.2 Å². The zero-order valence-electron chi connectivity index (χ0n) is 40.3. The van der Waals surface area contributed by atoms with Crippen molar-refractivity contribution in [1.29, 1.82) is 0 Å². The van der Waals surface area contributed by atoms with E-state index < -0.39 is 34.3 Å². The molecule has 18 heteroatoms. The van der Waals surface area contributed by atoms with Crippen LogP contribution in [0.2, 0.25) is 0 Å². The highest BCUT2D eigenvalue weighted by Crippen LogP contribution is 2.56. The molecule has 1 saturated carbocycles. The van der Waals surface area contributed by atoms with Crippen molar-refractivity contribution < 1.29 is 22.8 Å². The number of hydrogen-bond acceptors (Lipinski definition) is 9. The van der Waals surface area contributed by atoms with Gasteiger partial charge in [-0.05, 0) is 144 Å². The molecular formula is C52H55F2N11O5. The van der Waals surface area contributed by atoms with E-state index >= 15 is 18.4 Å². The zero-order valence-corrected chi connectivity index (χ0v) is 40.3. The van der Waals surface area contributed by atoms with E-state index in [1.807, 2.05) is 17.9 Å². The number of aromatic nitrogens is 9. The smallest absolute Gasteiger partial charge is 0.376 e. The third kappa shape index (κ3) is 6.51. The molecule has 0 bridgehead atoms. The normalized spacial score (nSPS) is 24.2. The number of piperidine rings is 1. The van der Waals surface area contributed by atoms with Gasteiger partial charge in [0.15, 0.2) is 11.6 Å². The SMILES string of the molecule is Cc1cc(-n2nc3c(c2-n2ccn(-c4ccc5c(cnn5C)c4F)c2=O)[C@H](C)N(C(=O)c2cc4cc([C@H]5CCOC(C)(C)C5)ccc4n2[C@@]2(c4noc(=O)[nH]4)C[C@@H]2C)CC32CCCNC2)cc(C)c1F. The monoisotopic (exact) mass is 951 g/mol. The Morgan fingerprint density at radius 3 is 2.40 bits per heavy atom. The largest absolute Gasteiger partial charge is 0.438 e. The van der Waals surface area contributed by atoms with Gasteiger partial charge in [0.2, 0.25) is 0 Å². The van der Waals surface area contributed by atoms with E-state index in [1.165, 1.54) is 21.5 Å². The maximum absolute atomic E-state index is 16.4. The van der Waals surface area contributed by atoms with Crippen LogP contribution in [0.3, 0.4) is 0 Å². The van der Waals surface area contributed by atoms with E-state index in [-0.39, 0.29) is 40.2 Å². The number of carbonyl (C=O) groups excluding carboxylic acids is 1. The average Bonchev–Trinajstić information content (AvgIpc) is 3.98. The second-order valence-corrected chi connectivity index (χ2v) is 20.9. The molecule has 1 aliphatic carbocycles. The van der Waals surface area contributed by atoms with Gasteiger partial charge in [0.05, 0.1) is 45.8 Å². The fourth-order valence-corrected chi connectivity index (χ4v) is 12.3. The molecule has 3 aromatic carbocycles. The van der Waals surface area contributed by atoms with E-state index in [1.54, 1.807) is 60.7 Å². The van der Waals surface area contributed by atoms with Crippen molar-refractivity contribution in [3.05, 3.63) is 139 Å². The van der Waals surface area contributed by atoms with Crippen LogP contribution in [0, 0.1) is 31.4 Å². The summed E-state index contributed by atoms with van der Waals surface area (Å²) < 4.78 is 51.0. The Morgan fingerprint density at radius 1 is 0.943 bits per heavy atom. The second kappa shape index (κ2) is 15.5. The summed E-state index contributed by atoms with van der Waals surface area (Å²) >= 11 is 0. The first-order valence-electron chi connectivity index (χ1n) is 24.2. The van der Waals surface area contributed by atoms with Gasteiger partial charge in [0.1, 0.15) is 22.9 Å². The molecule has 2 saturated heterocycles. The minimum Gasteiger partial charge on any atom is -0.376 e. The number of halogens is 2. The maximum Gasteiger partial charge on any atom is 0.438 e. The lowest BCUT2D eigenvalue weighted by Gasteiger charge is -2.47. The molecule has 362 valence electrons. The topological polar surface area (TPSA) is 168 Å². The van der Waals surface area contributed by atoms with Crippen LogP contribution in [0.5, 0.6) is 0 Å². The summed E-state index contributed by atoms with van der Waals surface area (Å²) in [5, 5.41) is 18.6. The molecule has 1 unspecified atom stereocenters. The average molecular weight is 952 g/mol. The van der Waals surface area contributed by atoms with Crippen LogP contribution in [0.1, 0.15) is 116 Å². The lowest BCUT2D eigenvalue weighted by Crippen LogP contribution is -2.56. The van der Waals surface area contributed by atoms with Crippen molar-refractivity contribution in [2.75, 3.05) is 26.2 Å². The Hall–Kier alpha value is -6.92. The lowest BCUT2D eigenvalue weighted by molar-refractivity contribution is -0.0592. The van der Waals surface area contributed by atoms with Gasteiger partial charge in [-0.25, -0.2) is 23.1 Å². The minimum atomic E-state index is -0.881. The van der Waals surface area contributed by atoms with Gasteiger partial charge in [0, 0.05) is 61.0 Å². The number of H-pyrrole nitrogens is 1. The van der Waals surface area contributed by atoms with Crippen LogP contribution in [-0.4, -0.2) is 86.1 Å². The van der Waals surface area contributed by atoms with Gasteiger partial charge in [-0.1, -0.05) is 18.1 Å². The molecule has 1 spiro atoms. The van der Waals surface area contributed by atoms with Crippen molar-refractivity contribution in [2.45, 2.75) is 102 Å². The Labute approximate surface area is 400 Å². The first kappa shape index (κ1) is 44.3. The molecule has 5 atom stereocenters. The molecule has 3 fully saturated rings. The fraction of sp³-hybridized carbons (Fsp3) is 0.423. The standard InChI is InChI=1S/C52H55F2N11O5/c1-28-19-35(20-29(2)42(28)53)65-45(62-17-16-61(49(62)68)39-12-11-38-36(43(39)54)25-56-60(38)7)41-31(4)63(27-51(44(41)58-65)14-8-15-55-26-51)46(66)40-22-34-21-32(33-13-18-69-50(5,6)24-33)9-10-37(34)64(40)52(23-30(52)3)47-57-48(67)70-59-47/h9-12,16-17,19-22,25,30-31,33,55H,8,13-15,18,23-24,26-27H2,1-7H3,(H,57,59,67)/t30-,31-,33-,51?,52-/m0/s1. The van der Waals surface area contributed by atoms with Crippen molar-refractivity contribution in [2.24, 2.45) is 13.0 Å². The number of hydrogen-bond donors (Lipinski definition) is 2. The van der Waals surface area contributed by atoms with E-state index in [0.717, 1.165) is 48.0 Å². The van der Waals surface area contributed by atoms with Gasteiger partial charge >= 0.3 is 11.4 Å². The van der Waals surface area contributed by atoms with Gasteiger partial charge in [0.25, 0.3) is 5.91 Å². The molecule has 3 aliphatic heterocycles. The van der Waals surface area contributed by atoms with Crippen molar-refractivity contribution in [3.8, 4) is 17.2 Å². The first-order valence-corrected chi connectivity index (χ1v) is 24.2. The summed E-state index contributed by atoms with van der Waals surface area (Å²) in [6.45, 7) is 13.9. The predicted octanol–water partition coefficient (Wildman–Crippen LogP) is 7.52. The molecule has 12 rings (SSSR count). The van der Waals surface area contributed by atoms with E-state index in [9.17, 15) is 4.79 Å². The number of nitrogens with one attached hydrogen (secondary N) is 2. The summed E-state index contributed by atoms with van der Waals surface area (Å²) in [5.41, 5.74) is 3.30. The van der Waals surface area contributed by atoms with Crippen molar-refractivity contribution in [1.82, 2.24) is 53.6 Å². The highest BCUT2D eigenvalue weighted by atomic mass is 19.1. The van der Waals surface area contributed by atoms with E-state index in [4.69, 9.17) is 14.4 Å². The third-order valence-corrected chi connectivity index (χ3v) is 16.0. The summed E-state index contributed by atoms with van der Waals surface area (Å²) in [5.74, 6) is -0.914. The molecule has 4 aliphatic rings. The minimum absolute atomic E-state index is 0.0160. The quantitative estimate of drug-likeness (QED) is 0.164. The van der Waals surface area contributed by atoms with Crippen LogP contribution in [-0.2, 0) is 22.7 Å². The molecule has 70 heavy (non-hydrogen) atoms. The molecule has 8 heterocycles. The number of ether oxygens (including phenoxy) is 1. The number of benzene rings is 3. The molecule has 2 N–H and O–H groups in total. The summed E-state index contributed by atoms with van der Waals surface area (Å²) in [7, 11) is 1.73. The highest BCUT2D eigenvalue weighted by molar-refractivity contribution is 6.00. The summed E-state index contributed by atoms with van der Waals surface area (Å²) in [4.78, 5) is 48.5. The lowest BCUT2D eigenvalue weighted by atomic mass is 9.72. The number of rotatable bonds is 7. The number of aryl methyl sites for hydroxylation is 3. The molecule has 16 nitrogen and oxygen atoms in total. The molecule has 8 aromatic rings. The number of aromatic amines is 1. The van der Waals surface area contributed by atoms with Crippen LogP contribution in [0.4, 0.5) is 8.78 Å². The molecule has 5 aromatic heterocycles. The van der Waals surface area contributed by atoms with Crippen LogP contribution >= 0.6 is 0 Å². The molecule has 0 radical (unpaired) electrons.